The molecule has 1 saturated heterocycles. The van der Waals surface area contributed by atoms with Crippen molar-refractivity contribution in [2.75, 3.05) is 18.4 Å². The number of aromatic nitrogens is 1. The molecule has 0 bridgehead atoms. The number of hydrogen-bond donors (Lipinski definition) is 1. The summed E-state index contributed by atoms with van der Waals surface area (Å²) in [5.74, 6) is -0.901. The molecule has 0 spiro atoms. The largest absolute Gasteiger partial charge is 0.355 e. The fourth-order valence-corrected chi connectivity index (χ4v) is 5.88. The highest BCUT2D eigenvalue weighted by atomic mass is 35.5. The van der Waals surface area contributed by atoms with Crippen molar-refractivity contribution in [2.45, 2.75) is 31.6 Å². The highest BCUT2D eigenvalue weighted by Crippen LogP contribution is 2.30. The molecule has 10 heteroatoms. The molecule has 35 heavy (non-hydrogen) atoms. The van der Waals surface area contributed by atoms with Gasteiger partial charge in [-0.15, -0.1) is 0 Å². The molecule has 7 nitrogen and oxygen atoms in total. The van der Waals surface area contributed by atoms with Crippen LogP contribution in [0.1, 0.15) is 35.4 Å². The Hall–Kier alpha value is -3.01. The third-order valence-electron chi connectivity index (χ3n) is 6.01. The van der Waals surface area contributed by atoms with E-state index in [1.807, 2.05) is 13.0 Å². The van der Waals surface area contributed by atoms with Crippen molar-refractivity contribution in [3.05, 3.63) is 75.9 Å². The Balaban J connectivity index is 1.45. The molecule has 1 aliphatic rings. The minimum atomic E-state index is -3.93. The van der Waals surface area contributed by atoms with Crippen LogP contribution in [0.4, 0.5) is 10.1 Å². The van der Waals surface area contributed by atoms with Crippen molar-refractivity contribution in [1.29, 1.82) is 0 Å². The number of benzene rings is 2. The Morgan fingerprint density at radius 3 is 2.57 bits per heavy atom. The van der Waals surface area contributed by atoms with Gasteiger partial charge in [0.05, 0.1) is 0 Å². The van der Waals surface area contributed by atoms with E-state index in [9.17, 15) is 17.6 Å². The average molecular weight is 518 g/mol. The molecule has 1 fully saturated rings. The van der Waals surface area contributed by atoms with Gasteiger partial charge in [0.2, 0.25) is 15.9 Å². The zero-order chi connectivity index (χ0) is 25.2. The summed E-state index contributed by atoms with van der Waals surface area (Å²) in [7, 11) is -3.93. The van der Waals surface area contributed by atoms with Crippen LogP contribution in [0.2, 0.25) is 5.02 Å². The summed E-state index contributed by atoms with van der Waals surface area (Å²) in [5, 5.41) is 7.24. The lowest BCUT2D eigenvalue weighted by Crippen LogP contribution is -2.41. The fourth-order valence-electron chi connectivity index (χ4n) is 3.98. The molecule has 184 valence electrons. The van der Waals surface area contributed by atoms with E-state index >= 15 is 0 Å². The maximum absolute atomic E-state index is 13.9. The molecule has 1 amide bonds. The smallest absolute Gasteiger partial charge is 0.248 e. The minimum absolute atomic E-state index is 0.0295. The maximum Gasteiger partial charge on any atom is 0.248 e. The molecule has 2 aromatic carbocycles. The van der Waals surface area contributed by atoms with Crippen LogP contribution in [0.5, 0.6) is 0 Å². The van der Waals surface area contributed by atoms with Crippen LogP contribution in [0.3, 0.4) is 0 Å². The van der Waals surface area contributed by atoms with E-state index in [-0.39, 0.29) is 41.3 Å². The number of nitrogens with zero attached hydrogens (tertiary/aromatic N) is 2. The molecule has 2 heterocycles. The lowest BCUT2D eigenvalue weighted by Gasteiger charge is -2.30. The number of aryl methyl sites for hydroxylation is 2. The second-order valence-corrected chi connectivity index (χ2v) is 10.7. The van der Waals surface area contributed by atoms with Crippen LogP contribution in [-0.2, 0) is 14.8 Å². The summed E-state index contributed by atoms with van der Waals surface area (Å²) in [6, 6.07) is 11.4. The number of rotatable bonds is 6. The molecular weight excluding hydrogens is 493 g/mol. The first-order chi connectivity index (χ1) is 16.7. The zero-order valence-electron chi connectivity index (χ0n) is 19.3. The minimum Gasteiger partial charge on any atom is -0.355 e. The van der Waals surface area contributed by atoms with E-state index in [2.05, 4.69) is 10.5 Å². The molecule has 4 rings (SSSR count). The second kappa shape index (κ2) is 10.3. The van der Waals surface area contributed by atoms with Crippen LogP contribution < -0.4 is 5.32 Å². The predicted molar refractivity (Wildman–Crippen MR) is 133 cm³/mol. The third kappa shape index (κ3) is 5.47. The van der Waals surface area contributed by atoms with Gasteiger partial charge >= 0.3 is 0 Å². The summed E-state index contributed by atoms with van der Waals surface area (Å²) in [4.78, 5) is 12.7. The summed E-state index contributed by atoms with van der Waals surface area (Å²) in [6.07, 6.45) is 3.59. The van der Waals surface area contributed by atoms with E-state index in [4.69, 9.17) is 16.1 Å². The molecule has 1 aliphatic heterocycles. The Labute approximate surface area is 208 Å². The van der Waals surface area contributed by atoms with Gasteiger partial charge in [-0.2, -0.15) is 4.31 Å². The van der Waals surface area contributed by atoms with Gasteiger partial charge in [0.1, 0.15) is 11.5 Å². The molecule has 0 unspecified atom stereocenters. The molecule has 0 atom stereocenters. The van der Waals surface area contributed by atoms with Crippen molar-refractivity contribution in [2.24, 2.45) is 5.92 Å². The van der Waals surface area contributed by atoms with Gasteiger partial charge in [0, 0.05) is 35.3 Å². The quantitative estimate of drug-likeness (QED) is 0.479. The molecule has 0 radical (unpaired) electrons. The highest BCUT2D eigenvalue weighted by Gasteiger charge is 2.36. The molecular formula is C25H25ClFN3O4S. The van der Waals surface area contributed by atoms with Crippen molar-refractivity contribution in [3.63, 3.8) is 0 Å². The number of amides is 1. The number of halogens is 2. The summed E-state index contributed by atoms with van der Waals surface area (Å²) in [6.45, 7) is 3.78. The van der Waals surface area contributed by atoms with E-state index in [1.54, 1.807) is 37.3 Å². The van der Waals surface area contributed by atoms with Crippen LogP contribution in [0.15, 0.2) is 51.9 Å². The van der Waals surface area contributed by atoms with Crippen molar-refractivity contribution in [3.8, 4) is 0 Å². The Morgan fingerprint density at radius 1 is 1.17 bits per heavy atom. The fraction of sp³-hybridized carbons (Fsp3) is 0.280. The van der Waals surface area contributed by atoms with Gasteiger partial charge in [-0.1, -0.05) is 41.0 Å². The first-order valence-corrected chi connectivity index (χ1v) is 12.9. The van der Waals surface area contributed by atoms with Crippen LogP contribution in [0.25, 0.3) is 12.2 Å². The summed E-state index contributed by atoms with van der Waals surface area (Å²) < 4.78 is 47.3. The maximum atomic E-state index is 13.9. The van der Waals surface area contributed by atoms with Crippen LogP contribution in [0, 0.1) is 25.6 Å². The number of hydrogen-bond acceptors (Lipinski definition) is 5. The number of sulfonamides is 1. The first-order valence-electron chi connectivity index (χ1n) is 11.1. The number of carbonyl (C=O) groups excluding carboxylic acids is 1. The molecule has 1 N–H and O–H groups in total. The molecule has 0 saturated carbocycles. The van der Waals surface area contributed by atoms with Gasteiger partial charge in [0.15, 0.2) is 10.7 Å². The van der Waals surface area contributed by atoms with E-state index in [1.165, 1.54) is 22.5 Å². The Morgan fingerprint density at radius 2 is 1.89 bits per heavy atom. The third-order valence-corrected chi connectivity index (χ3v) is 8.48. The van der Waals surface area contributed by atoms with Gasteiger partial charge < -0.3 is 9.84 Å². The Bertz CT molecular complexity index is 1380. The summed E-state index contributed by atoms with van der Waals surface area (Å²) >= 11 is 6.13. The van der Waals surface area contributed by atoms with E-state index < -0.39 is 15.8 Å². The van der Waals surface area contributed by atoms with Gasteiger partial charge in [-0.3, -0.25) is 4.79 Å². The normalized spacial score (nSPS) is 15.5. The molecule has 0 aliphatic carbocycles. The van der Waals surface area contributed by atoms with Crippen molar-refractivity contribution >= 4 is 45.4 Å². The van der Waals surface area contributed by atoms with Crippen molar-refractivity contribution in [1.82, 2.24) is 9.46 Å². The average Bonchev–Trinajstić information content (AvgIpc) is 3.22. The zero-order valence-corrected chi connectivity index (χ0v) is 20.9. The monoisotopic (exact) mass is 517 g/mol. The predicted octanol–water partition coefficient (Wildman–Crippen LogP) is 5.29. The SMILES string of the molecule is Cc1ccc(NC(=O)C2CCN(S(=O)(=O)c3c(C)noc3C=Cc3ccccc3F)CC2)cc1Cl. The van der Waals surface area contributed by atoms with E-state index in [0.717, 1.165) is 5.56 Å². The lowest BCUT2D eigenvalue weighted by atomic mass is 9.97. The van der Waals surface area contributed by atoms with Gasteiger partial charge in [0.25, 0.3) is 0 Å². The van der Waals surface area contributed by atoms with Gasteiger partial charge in [-0.25, -0.2) is 12.8 Å². The number of carbonyl (C=O) groups is 1. The lowest BCUT2D eigenvalue weighted by molar-refractivity contribution is -0.120. The number of anilines is 1. The van der Waals surface area contributed by atoms with Crippen molar-refractivity contribution < 1.29 is 22.1 Å². The second-order valence-electron chi connectivity index (χ2n) is 8.45. The first kappa shape index (κ1) is 25.1. The van der Waals surface area contributed by atoms with Crippen LogP contribution >= 0.6 is 11.6 Å². The molecule has 3 aromatic rings. The Kier molecular flexibility index (Phi) is 7.39. The summed E-state index contributed by atoms with van der Waals surface area (Å²) in [5.41, 5.74) is 2.03. The van der Waals surface area contributed by atoms with E-state index in [0.29, 0.717) is 29.1 Å². The standard InChI is InChI=1S/C25H25ClFN3O4S/c1-16-7-9-20(15-21(16)26)28-25(31)19-11-13-30(14-12-19)35(32,33)24-17(2)29-34-23(24)10-8-18-5-3-4-6-22(18)27/h3-10,15,19H,11-14H2,1-2H3,(H,28,31). The number of piperidine rings is 1. The number of nitrogens with one attached hydrogen (secondary N) is 1. The van der Waals surface area contributed by atoms with Gasteiger partial charge in [-0.05, 0) is 62.6 Å². The topological polar surface area (TPSA) is 92.5 Å². The molecule has 1 aromatic heterocycles. The highest BCUT2D eigenvalue weighted by molar-refractivity contribution is 7.89. The van der Waals surface area contributed by atoms with Crippen LogP contribution in [-0.4, -0.2) is 36.9 Å².